The maximum Gasteiger partial charge on any atom is 0.338 e. The van der Waals surface area contributed by atoms with E-state index in [1.807, 2.05) is 36.8 Å². The van der Waals surface area contributed by atoms with Crippen LogP contribution in [-0.4, -0.2) is 35.4 Å². The highest BCUT2D eigenvalue weighted by Gasteiger charge is 2.66. The molecule has 0 fully saturated rings. The molecule has 3 aliphatic heterocycles. The molecule has 0 bridgehead atoms. The number of rotatable bonds is 6. The van der Waals surface area contributed by atoms with Crippen LogP contribution in [0.5, 0.6) is 17.2 Å². The molecule has 37 heavy (non-hydrogen) atoms. The number of hydrogen-bond donors (Lipinski definition) is 0. The maximum atomic E-state index is 15.0. The first-order chi connectivity index (χ1) is 18.1. The molecule has 2 unspecified atom stereocenters. The van der Waals surface area contributed by atoms with Gasteiger partial charge in [0.1, 0.15) is 24.6 Å². The van der Waals surface area contributed by atoms with E-state index in [9.17, 15) is 0 Å². The van der Waals surface area contributed by atoms with Crippen LogP contribution in [0, 0.1) is 6.92 Å². The van der Waals surface area contributed by atoms with Crippen molar-refractivity contribution in [3.05, 3.63) is 102 Å². The van der Waals surface area contributed by atoms with Gasteiger partial charge in [0.25, 0.3) is 0 Å². The predicted molar refractivity (Wildman–Crippen MR) is 139 cm³/mol. The summed E-state index contributed by atoms with van der Waals surface area (Å²) in [7, 11) is 0. The summed E-state index contributed by atoms with van der Waals surface area (Å²) >= 11 is 0. The van der Waals surface area contributed by atoms with Gasteiger partial charge in [0, 0.05) is 48.1 Å². The molecule has 3 aromatic carbocycles. The number of fused-ring (bicyclic) bond motifs is 5. The third kappa shape index (κ3) is 3.23. The van der Waals surface area contributed by atoms with E-state index in [2.05, 4.69) is 52.9 Å². The zero-order valence-electron chi connectivity index (χ0n) is 20.7. The summed E-state index contributed by atoms with van der Waals surface area (Å²) in [6.45, 7) is 4.59. The summed E-state index contributed by atoms with van der Waals surface area (Å²) in [6.07, 6.45) is 6.41. The summed E-state index contributed by atoms with van der Waals surface area (Å²) in [5.74, 6) is 2.17. The molecule has 0 radical (unpaired) electrons. The Balaban J connectivity index is 1.37. The highest BCUT2D eigenvalue weighted by Crippen LogP contribution is 2.57. The minimum absolute atomic E-state index is 0.150. The van der Waals surface area contributed by atoms with Crippen LogP contribution in [0.1, 0.15) is 28.7 Å². The van der Waals surface area contributed by atoms with Crippen LogP contribution in [0.25, 0.3) is 0 Å². The van der Waals surface area contributed by atoms with Crippen LogP contribution >= 0.6 is 0 Å². The molecule has 2 atom stereocenters. The topological polar surface area (TPSA) is 62.6 Å². The van der Waals surface area contributed by atoms with Gasteiger partial charge in [-0.15, -0.1) is 0 Å². The highest BCUT2D eigenvalue weighted by molar-refractivity contribution is 6.08. The van der Waals surface area contributed by atoms with E-state index < -0.39 is 5.41 Å². The Labute approximate surface area is 215 Å². The molecule has 7 heteroatoms. The monoisotopic (exact) mass is 494 g/mol. The van der Waals surface area contributed by atoms with Gasteiger partial charge in [0.2, 0.25) is 6.79 Å². The smallest absolute Gasteiger partial charge is 0.338 e. The number of aromatic nitrogens is 2. The summed E-state index contributed by atoms with van der Waals surface area (Å²) in [5.41, 5.74) is 4.38. The van der Waals surface area contributed by atoms with Crippen molar-refractivity contribution in [3.8, 4) is 17.2 Å². The van der Waals surface area contributed by atoms with Crippen LogP contribution in [0.2, 0.25) is 0 Å². The zero-order valence-corrected chi connectivity index (χ0v) is 20.7. The third-order valence-electron chi connectivity index (χ3n) is 8.05. The quantitative estimate of drug-likeness (QED) is 0.363. The summed E-state index contributed by atoms with van der Waals surface area (Å²) in [6, 6.07) is 20.6. The van der Waals surface area contributed by atoms with E-state index in [1.54, 1.807) is 6.20 Å². The fourth-order valence-corrected chi connectivity index (χ4v) is 6.24. The Kier molecular flexibility index (Phi) is 4.91. The molecule has 1 aromatic heterocycles. The van der Waals surface area contributed by atoms with E-state index in [0.29, 0.717) is 30.3 Å². The number of benzene rings is 3. The van der Waals surface area contributed by atoms with Gasteiger partial charge in [-0.2, -0.15) is 0 Å². The van der Waals surface area contributed by atoms with Crippen LogP contribution in [0.15, 0.2) is 79.4 Å². The van der Waals surface area contributed by atoms with Crippen molar-refractivity contribution in [1.82, 2.24) is 14.0 Å². The van der Waals surface area contributed by atoms with Gasteiger partial charge in [0.05, 0.1) is 12.9 Å². The Morgan fingerprint density at radius 2 is 1.78 bits per heavy atom. The summed E-state index contributed by atoms with van der Waals surface area (Å²) in [4.78, 5) is 19.2. The minimum Gasteiger partial charge on any atom is -0.491 e. The van der Waals surface area contributed by atoms with Gasteiger partial charge in [-0.1, -0.05) is 48.0 Å². The number of para-hydroxylation sites is 1. The van der Waals surface area contributed by atoms with Crippen molar-refractivity contribution < 1.29 is 19.0 Å². The van der Waals surface area contributed by atoms with Crippen molar-refractivity contribution in [3.63, 3.8) is 0 Å². The van der Waals surface area contributed by atoms with Gasteiger partial charge in [-0.3, -0.25) is 0 Å². The molecule has 0 saturated heterocycles. The van der Waals surface area contributed by atoms with E-state index in [0.717, 1.165) is 35.3 Å². The van der Waals surface area contributed by atoms with Gasteiger partial charge in [-0.25, -0.2) is 14.3 Å². The molecule has 7 rings (SSSR count). The fraction of sp³-hybridized carbons (Fsp3) is 0.267. The average molecular weight is 495 g/mol. The number of amides is 1. The second kappa shape index (κ2) is 8.21. The van der Waals surface area contributed by atoms with Crippen LogP contribution < -0.4 is 18.7 Å². The Morgan fingerprint density at radius 1 is 0.973 bits per heavy atom. The number of hydrogen-bond acceptors (Lipinski definition) is 5. The fourth-order valence-electron chi connectivity index (χ4n) is 6.24. The van der Waals surface area contributed by atoms with Crippen LogP contribution in [0.3, 0.4) is 0 Å². The number of carbonyl (C=O) groups is 1. The van der Waals surface area contributed by atoms with E-state index in [-0.39, 0.29) is 23.8 Å². The normalized spacial score (nSPS) is 22.8. The lowest BCUT2D eigenvalue weighted by molar-refractivity contribution is -0.134. The minimum atomic E-state index is -0.896. The Bertz CT molecular complexity index is 1500. The Hall–Kier alpha value is -4.10. The van der Waals surface area contributed by atoms with Gasteiger partial charge in [0.15, 0.2) is 16.9 Å². The Morgan fingerprint density at radius 3 is 2.59 bits per heavy atom. The first-order valence-electron chi connectivity index (χ1n) is 12.7. The number of ether oxygens (including phenoxy) is 3. The molecule has 4 heterocycles. The molecule has 0 N–H and O–H groups in total. The second-order valence-corrected chi connectivity index (χ2v) is 10.2. The number of nitrogens with zero attached hydrogens (tertiary/aromatic N) is 3. The van der Waals surface area contributed by atoms with Crippen molar-refractivity contribution >= 4 is 11.6 Å². The van der Waals surface area contributed by atoms with Crippen molar-refractivity contribution in [2.45, 2.75) is 31.8 Å². The van der Waals surface area contributed by atoms with Gasteiger partial charge in [-0.05, 0) is 19.1 Å². The van der Waals surface area contributed by atoms with Crippen molar-refractivity contribution in [1.29, 1.82) is 0 Å². The van der Waals surface area contributed by atoms with Gasteiger partial charge >= 0.3 is 5.91 Å². The molecular formula is C30H28N3O4+. The molecule has 4 aromatic rings. The first-order valence-corrected chi connectivity index (χ1v) is 12.7. The SMILES string of the molecule is Cc1ccc(C[N+]2(CCCn3ccnc3)C(=O)C3(COc4cc5c(cc43)OCO5)c3ccccc32)cc1. The highest BCUT2D eigenvalue weighted by atomic mass is 16.7. The van der Waals surface area contributed by atoms with E-state index in [1.165, 1.54) is 5.56 Å². The summed E-state index contributed by atoms with van der Waals surface area (Å²) in [5, 5.41) is 0. The summed E-state index contributed by atoms with van der Waals surface area (Å²) < 4.78 is 19.8. The van der Waals surface area contributed by atoms with Crippen LogP contribution in [-0.2, 0) is 23.3 Å². The van der Waals surface area contributed by atoms with Crippen LogP contribution in [0.4, 0.5) is 5.69 Å². The zero-order chi connectivity index (χ0) is 25.0. The number of aryl methyl sites for hydroxylation is 2. The number of imidazole rings is 1. The average Bonchev–Trinajstić information content (AvgIpc) is 3.70. The second-order valence-electron chi connectivity index (χ2n) is 10.2. The lowest BCUT2D eigenvalue weighted by atomic mass is 9.77. The number of carbonyl (C=O) groups excluding carboxylic acids is 1. The predicted octanol–water partition coefficient (Wildman–Crippen LogP) is 4.74. The van der Waals surface area contributed by atoms with E-state index in [4.69, 9.17) is 14.2 Å². The molecule has 186 valence electrons. The largest absolute Gasteiger partial charge is 0.491 e. The maximum absolute atomic E-state index is 15.0. The molecular weight excluding hydrogens is 466 g/mol. The molecule has 0 saturated carbocycles. The lowest BCUT2D eigenvalue weighted by Crippen LogP contribution is -2.57. The molecule has 1 spiro atoms. The molecule has 1 amide bonds. The molecule has 0 aliphatic carbocycles. The van der Waals surface area contributed by atoms with E-state index >= 15 is 4.79 Å². The first kappa shape index (κ1) is 22.1. The lowest BCUT2D eigenvalue weighted by Gasteiger charge is -2.34. The standard InChI is InChI=1S/C30H28N3O4/c1-21-7-9-22(10-8-21)17-33(14-4-12-32-13-11-31-19-32)25-6-3-2-5-23(25)30(29(33)34)18-35-26-16-28-27(15-24(26)30)36-20-37-28/h2-3,5-11,13,15-16,19H,4,12,14,17-18,20H2,1H3/q+1. The van der Waals surface area contributed by atoms with Gasteiger partial charge < -0.3 is 18.8 Å². The van der Waals surface area contributed by atoms with Crippen molar-refractivity contribution in [2.24, 2.45) is 0 Å². The van der Waals surface area contributed by atoms with Crippen molar-refractivity contribution in [2.75, 3.05) is 19.9 Å². The third-order valence-corrected chi connectivity index (χ3v) is 8.05. The molecule has 7 nitrogen and oxygen atoms in total. The number of quaternary nitrogens is 1. The molecule has 3 aliphatic rings.